The van der Waals surface area contributed by atoms with Crippen molar-refractivity contribution in [3.05, 3.63) is 35.4 Å². The lowest BCUT2D eigenvalue weighted by atomic mass is 10.1. The molecule has 4 nitrogen and oxygen atoms in total. The summed E-state index contributed by atoms with van der Waals surface area (Å²) in [6.07, 6.45) is -1.68. The first-order valence-electron chi connectivity index (χ1n) is 8.06. The molecule has 0 aromatic heterocycles. The van der Waals surface area contributed by atoms with Crippen LogP contribution in [0.5, 0.6) is 0 Å². The van der Waals surface area contributed by atoms with E-state index in [4.69, 9.17) is 5.11 Å². The average molecular weight is 344 g/mol. The van der Waals surface area contributed by atoms with Crippen LogP contribution in [0.2, 0.25) is 0 Å². The fourth-order valence-corrected chi connectivity index (χ4v) is 3.18. The van der Waals surface area contributed by atoms with Gasteiger partial charge in [-0.25, -0.2) is 0 Å². The molecule has 1 unspecified atom stereocenters. The van der Waals surface area contributed by atoms with Crippen molar-refractivity contribution < 1.29 is 23.1 Å². The molecule has 1 aromatic rings. The summed E-state index contributed by atoms with van der Waals surface area (Å²) in [5.74, 6) is -0.845. The minimum atomic E-state index is -4.32. The van der Waals surface area contributed by atoms with Crippen molar-refractivity contribution in [3.8, 4) is 0 Å². The van der Waals surface area contributed by atoms with E-state index in [9.17, 15) is 18.0 Å². The van der Waals surface area contributed by atoms with Gasteiger partial charge in [0.1, 0.15) is 0 Å². The average Bonchev–Trinajstić information content (AvgIpc) is 2.72. The molecular weight excluding hydrogens is 321 g/mol. The zero-order valence-corrected chi connectivity index (χ0v) is 13.7. The predicted molar refractivity (Wildman–Crippen MR) is 84.6 cm³/mol. The van der Waals surface area contributed by atoms with Gasteiger partial charge in [0.2, 0.25) is 0 Å². The van der Waals surface area contributed by atoms with Crippen molar-refractivity contribution in [1.82, 2.24) is 9.80 Å². The van der Waals surface area contributed by atoms with Gasteiger partial charge < -0.3 is 5.11 Å². The van der Waals surface area contributed by atoms with Crippen LogP contribution in [0.4, 0.5) is 13.2 Å². The van der Waals surface area contributed by atoms with E-state index in [0.29, 0.717) is 12.1 Å². The normalized spacial score (nSPS) is 20.1. The van der Waals surface area contributed by atoms with Crippen molar-refractivity contribution in [3.63, 3.8) is 0 Å². The summed E-state index contributed by atoms with van der Waals surface area (Å²) in [6.45, 7) is 2.07. The summed E-state index contributed by atoms with van der Waals surface area (Å²) in [5, 5.41) is 8.88. The third kappa shape index (κ3) is 5.49. The number of hydrogen-bond donors (Lipinski definition) is 1. The number of alkyl halides is 3. The molecule has 1 aromatic carbocycles. The van der Waals surface area contributed by atoms with Gasteiger partial charge in [-0.3, -0.25) is 14.6 Å². The highest BCUT2D eigenvalue weighted by Gasteiger charge is 2.30. The molecule has 134 valence electrons. The largest absolute Gasteiger partial charge is 0.480 e. The van der Waals surface area contributed by atoms with Crippen LogP contribution in [0.3, 0.4) is 0 Å². The first-order valence-corrected chi connectivity index (χ1v) is 8.06. The van der Waals surface area contributed by atoms with Crippen molar-refractivity contribution >= 4 is 5.97 Å². The van der Waals surface area contributed by atoms with E-state index in [1.54, 1.807) is 13.1 Å². The van der Waals surface area contributed by atoms with Crippen LogP contribution < -0.4 is 0 Å². The lowest BCUT2D eigenvalue weighted by molar-refractivity contribution is -0.139. The third-order valence-electron chi connectivity index (χ3n) is 4.46. The molecule has 0 radical (unpaired) electrons. The Bertz CT molecular complexity index is 563. The molecule has 1 atom stereocenters. The topological polar surface area (TPSA) is 43.8 Å². The second kappa shape index (κ2) is 7.98. The molecule has 1 fully saturated rings. The minimum Gasteiger partial charge on any atom is -0.480 e. The van der Waals surface area contributed by atoms with Gasteiger partial charge in [-0.1, -0.05) is 18.2 Å². The Hall–Kier alpha value is -1.60. The Labute approximate surface area is 139 Å². The lowest BCUT2D eigenvalue weighted by Gasteiger charge is -2.25. The van der Waals surface area contributed by atoms with Gasteiger partial charge in [0.25, 0.3) is 0 Å². The van der Waals surface area contributed by atoms with Crippen LogP contribution in [0.15, 0.2) is 24.3 Å². The molecule has 0 aliphatic carbocycles. The molecule has 0 spiro atoms. The van der Waals surface area contributed by atoms with E-state index < -0.39 is 17.7 Å². The van der Waals surface area contributed by atoms with Gasteiger partial charge in [-0.15, -0.1) is 0 Å². The standard InChI is InChI=1S/C17H23F3N2O2/c1-21(12-16(23)24)15-6-3-8-22(9-7-15)11-13-4-2-5-14(10-13)17(18,19)20/h2,4-5,10,15H,3,6-9,11-12H2,1H3,(H,23,24). The highest BCUT2D eigenvalue weighted by molar-refractivity contribution is 5.69. The zero-order chi connectivity index (χ0) is 17.7. The molecule has 1 N–H and O–H groups in total. The molecule has 1 heterocycles. The molecule has 24 heavy (non-hydrogen) atoms. The fraction of sp³-hybridized carbons (Fsp3) is 0.588. The van der Waals surface area contributed by atoms with E-state index in [0.717, 1.165) is 38.4 Å². The first-order chi connectivity index (χ1) is 11.3. The SMILES string of the molecule is CN(CC(=O)O)C1CCCN(Cc2cccc(C(F)(F)F)c2)CC1. The number of benzene rings is 1. The van der Waals surface area contributed by atoms with Crippen LogP contribution in [0.1, 0.15) is 30.4 Å². The Morgan fingerprint density at radius 1 is 1.33 bits per heavy atom. The summed E-state index contributed by atoms with van der Waals surface area (Å²) in [4.78, 5) is 14.8. The number of carbonyl (C=O) groups is 1. The molecule has 0 bridgehead atoms. The number of halogens is 3. The number of likely N-dealkylation sites (N-methyl/N-ethyl adjacent to an activating group) is 1. The van der Waals surface area contributed by atoms with Crippen LogP contribution in [0, 0.1) is 0 Å². The predicted octanol–water partition coefficient (Wildman–Crippen LogP) is 3.08. The highest BCUT2D eigenvalue weighted by Crippen LogP contribution is 2.30. The number of likely N-dealkylation sites (tertiary alicyclic amines) is 1. The molecule has 1 aliphatic rings. The summed E-state index contributed by atoms with van der Waals surface area (Å²) in [7, 11) is 1.81. The van der Waals surface area contributed by atoms with E-state index in [1.807, 2.05) is 4.90 Å². The highest BCUT2D eigenvalue weighted by atomic mass is 19.4. The maximum absolute atomic E-state index is 12.8. The zero-order valence-electron chi connectivity index (χ0n) is 13.7. The molecular formula is C17H23F3N2O2. The third-order valence-corrected chi connectivity index (χ3v) is 4.46. The van der Waals surface area contributed by atoms with Gasteiger partial charge in [-0.05, 0) is 51.0 Å². The number of hydrogen-bond acceptors (Lipinski definition) is 3. The summed E-state index contributed by atoms with van der Waals surface area (Å²) >= 11 is 0. The number of carboxylic acid groups (broad SMARTS) is 1. The van der Waals surface area contributed by atoms with Crippen molar-refractivity contribution in [2.75, 3.05) is 26.7 Å². The van der Waals surface area contributed by atoms with Gasteiger partial charge in [0.15, 0.2) is 0 Å². The maximum atomic E-state index is 12.8. The number of aliphatic carboxylic acids is 1. The number of carboxylic acids is 1. The minimum absolute atomic E-state index is 0.0122. The quantitative estimate of drug-likeness (QED) is 0.892. The number of nitrogens with zero attached hydrogens (tertiary/aromatic N) is 2. The van der Waals surface area contributed by atoms with Crippen molar-refractivity contribution in [2.45, 2.75) is 38.0 Å². The summed E-state index contributed by atoms with van der Waals surface area (Å²) < 4.78 is 38.4. The Morgan fingerprint density at radius 3 is 2.75 bits per heavy atom. The Balaban J connectivity index is 1.94. The first kappa shape index (κ1) is 18.7. The molecule has 1 saturated heterocycles. The molecule has 0 saturated carbocycles. The smallest absolute Gasteiger partial charge is 0.416 e. The van der Waals surface area contributed by atoms with Gasteiger partial charge in [0.05, 0.1) is 12.1 Å². The summed E-state index contributed by atoms with van der Waals surface area (Å²) in [5.41, 5.74) is 0.0380. The molecule has 1 aliphatic heterocycles. The van der Waals surface area contributed by atoms with E-state index in [-0.39, 0.29) is 12.6 Å². The van der Waals surface area contributed by atoms with E-state index in [2.05, 4.69) is 4.90 Å². The van der Waals surface area contributed by atoms with E-state index >= 15 is 0 Å². The van der Waals surface area contributed by atoms with Crippen LogP contribution in [-0.2, 0) is 17.5 Å². The maximum Gasteiger partial charge on any atom is 0.416 e. The second-order valence-electron chi connectivity index (χ2n) is 6.37. The van der Waals surface area contributed by atoms with Crippen LogP contribution >= 0.6 is 0 Å². The van der Waals surface area contributed by atoms with Crippen molar-refractivity contribution in [2.24, 2.45) is 0 Å². The van der Waals surface area contributed by atoms with Crippen LogP contribution in [-0.4, -0.2) is 53.6 Å². The molecule has 7 heteroatoms. The fourth-order valence-electron chi connectivity index (χ4n) is 3.18. The molecule has 0 amide bonds. The summed E-state index contributed by atoms with van der Waals surface area (Å²) in [6, 6.07) is 5.66. The van der Waals surface area contributed by atoms with Crippen molar-refractivity contribution in [1.29, 1.82) is 0 Å². The van der Waals surface area contributed by atoms with Crippen LogP contribution in [0.25, 0.3) is 0 Å². The Kier molecular flexibility index (Phi) is 6.23. The van der Waals surface area contributed by atoms with Gasteiger partial charge in [0, 0.05) is 12.6 Å². The molecule has 2 rings (SSSR count). The monoisotopic (exact) mass is 344 g/mol. The number of rotatable bonds is 5. The van der Waals surface area contributed by atoms with E-state index in [1.165, 1.54) is 12.1 Å². The van der Waals surface area contributed by atoms with Gasteiger partial charge >= 0.3 is 12.1 Å². The lowest BCUT2D eigenvalue weighted by Crippen LogP contribution is -2.36. The second-order valence-corrected chi connectivity index (χ2v) is 6.37. The van der Waals surface area contributed by atoms with Gasteiger partial charge in [-0.2, -0.15) is 13.2 Å². The Morgan fingerprint density at radius 2 is 2.08 bits per heavy atom.